The van der Waals surface area contributed by atoms with Crippen molar-refractivity contribution in [2.75, 3.05) is 44.8 Å². The van der Waals surface area contributed by atoms with Crippen LogP contribution in [0.15, 0.2) is 23.0 Å². The third-order valence-electron chi connectivity index (χ3n) is 4.96. The molecule has 0 spiro atoms. The summed E-state index contributed by atoms with van der Waals surface area (Å²) in [5.41, 5.74) is 4.32. The standard InChI is InChI=1S/C18H23N3O2/c1-20-6-2-3-15-17(20)14-5-4-13(11-16(14)19-18(15)22)12-21-7-9-23-10-8-21/h4-5,11H,2-3,6-10,12H2,1H3,(H,19,22). The van der Waals surface area contributed by atoms with Crippen molar-refractivity contribution in [2.45, 2.75) is 19.4 Å². The Balaban J connectivity index is 1.73. The lowest BCUT2D eigenvalue weighted by atomic mass is 9.99. The summed E-state index contributed by atoms with van der Waals surface area (Å²) in [6.07, 6.45) is 1.92. The first-order valence-corrected chi connectivity index (χ1v) is 8.41. The van der Waals surface area contributed by atoms with Crippen molar-refractivity contribution in [3.63, 3.8) is 0 Å². The molecule has 1 fully saturated rings. The van der Waals surface area contributed by atoms with Crippen LogP contribution in [0.5, 0.6) is 0 Å². The van der Waals surface area contributed by atoms with Crippen LogP contribution in [0.4, 0.5) is 5.69 Å². The Morgan fingerprint density at radius 3 is 2.87 bits per heavy atom. The van der Waals surface area contributed by atoms with Gasteiger partial charge in [0.15, 0.2) is 0 Å². The number of benzene rings is 1. The number of hydrogen-bond donors (Lipinski definition) is 1. The highest BCUT2D eigenvalue weighted by Gasteiger charge is 2.20. The molecule has 2 aromatic rings. The van der Waals surface area contributed by atoms with Crippen LogP contribution in [-0.2, 0) is 17.7 Å². The van der Waals surface area contributed by atoms with Crippen LogP contribution in [0.25, 0.3) is 10.9 Å². The number of nitrogens with one attached hydrogen (secondary N) is 1. The van der Waals surface area contributed by atoms with Crippen LogP contribution in [-0.4, -0.2) is 49.8 Å². The SMILES string of the molecule is CN1CCCc2c1c1ccc(CN3CCOCC3)cc1[nH]c2=O. The molecule has 1 aromatic heterocycles. The van der Waals surface area contributed by atoms with Crippen molar-refractivity contribution in [1.29, 1.82) is 0 Å². The first-order valence-electron chi connectivity index (χ1n) is 8.41. The molecule has 3 heterocycles. The number of pyridine rings is 1. The van der Waals surface area contributed by atoms with E-state index in [-0.39, 0.29) is 5.56 Å². The number of aromatic nitrogens is 1. The summed E-state index contributed by atoms with van der Waals surface area (Å²) >= 11 is 0. The van der Waals surface area contributed by atoms with Gasteiger partial charge >= 0.3 is 0 Å². The number of fused-ring (bicyclic) bond motifs is 3. The minimum absolute atomic E-state index is 0.0718. The second-order valence-electron chi connectivity index (χ2n) is 6.57. The number of morpholine rings is 1. The van der Waals surface area contributed by atoms with E-state index >= 15 is 0 Å². The van der Waals surface area contributed by atoms with Gasteiger partial charge in [-0.1, -0.05) is 12.1 Å². The molecule has 0 bridgehead atoms. The van der Waals surface area contributed by atoms with Crippen molar-refractivity contribution >= 4 is 16.6 Å². The fourth-order valence-electron chi connectivity index (χ4n) is 3.76. The van der Waals surface area contributed by atoms with Gasteiger partial charge in [-0.2, -0.15) is 0 Å². The normalized spacial score (nSPS) is 19.1. The summed E-state index contributed by atoms with van der Waals surface area (Å²) in [6.45, 7) is 5.49. The number of H-pyrrole nitrogens is 1. The fraction of sp³-hybridized carbons (Fsp3) is 0.500. The highest BCUT2D eigenvalue weighted by Crippen LogP contribution is 2.31. The van der Waals surface area contributed by atoms with Gasteiger partial charge in [-0.05, 0) is 24.5 Å². The molecule has 5 heteroatoms. The summed E-state index contributed by atoms with van der Waals surface area (Å²) in [4.78, 5) is 20.1. The molecule has 0 radical (unpaired) electrons. The number of aromatic amines is 1. The van der Waals surface area contributed by atoms with E-state index in [0.29, 0.717) is 0 Å². The smallest absolute Gasteiger partial charge is 0.253 e. The number of anilines is 1. The zero-order valence-electron chi connectivity index (χ0n) is 13.6. The number of hydrogen-bond acceptors (Lipinski definition) is 4. The minimum Gasteiger partial charge on any atom is -0.379 e. The first-order chi connectivity index (χ1) is 11.2. The third-order valence-corrected chi connectivity index (χ3v) is 4.96. The van der Waals surface area contributed by atoms with Crippen LogP contribution < -0.4 is 10.5 Å². The highest BCUT2D eigenvalue weighted by molar-refractivity contribution is 5.93. The Bertz CT molecular complexity index is 778. The van der Waals surface area contributed by atoms with Gasteiger partial charge in [0.1, 0.15) is 0 Å². The molecule has 23 heavy (non-hydrogen) atoms. The maximum Gasteiger partial charge on any atom is 0.253 e. The Morgan fingerprint density at radius 2 is 2.04 bits per heavy atom. The predicted octanol–water partition coefficient (Wildman–Crippen LogP) is 1.74. The van der Waals surface area contributed by atoms with Gasteiger partial charge in [0.25, 0.3) is 5.56 Å². The molecule has 122 valence electrons. The van der Waals surface area contributed by atoms with Crippen molar-refractivity contribution in [3.8, 4) is 0 Å². The number of rotatable bonds is 2. The zero-order valence-corrected chi connectivity index (χ0v) is 13.6. The topological polar surface area (TPSA) is 48.6 Å². The molecule has 1 N–H and O–H groups in total. The molecular formula is C18H23N3O2. The van der Waals surface area contributed by atoms with E-state index in [0.717, 1.165) is 74.4 Å². The molecule has 0 unspecified atom stereocenters. The third kappa shape index (κ3) is 2.75. The Kier molecular flexibility index (Phi) is 3.83. The van der Waals surface area contributed by atoms with Crippen molar-refractivity contribution in [3.05, 3.63) is 39.7 Å². The van der Waals surface area contributed by atoms with E-state index in [1.807, 2.05) is 0 Å². The van der Waals surface area contributed by atoms with Crippen LogP contribution in [0.1, 0.15) is 17.5 Å². The van der Waals surface area contributed by atoms with E-state index in [4.69, 9.17) is 4.74 Å². The van der Waals surface area contributed by atoms with Crippen molar-refractivity contribution < 1.29 is 4.74 Å². The zero-order chi connectivity index (χ0) is 15.8. The van der Waals surface area contributed by atoms with E-state index in [2.05, 4.69) is 40.0 Å². The summed E-state index contributed by atoms with van der Waals surface area (Å²) in [6, 6.07) is 6.50. The predicted molar refractivity (Wildman–Crippen MR) is 92.3 cm³/mol. The second kappa shape index (κ2) is 5.98. The monoisotopic (exact) mass is 313 g/mol. The van der Waals surface area contributed by atoms with Gasteiger partial charge in [-0.25, -0.2) is 0 Å². The Labute approximate surface area is 135 Å². The molecule has 4 rings (SSSR count). The largest absolute Gasteiger partial charge is 0.379 e. The van der Waals surface area contributed by atoms with E-state index in [9.17, 15) is 4.79 Å². The van der Waals surface area contributed by atoms with Crippen molar-refractivity contribution in [2.24, 2.45) is 0 Å². The summed E-state index contributed by atoms with van der Waals surface area (Å²) in [7, 11) is 2.08. The second-order valence-corrected chi connectivity index (χ2v) is 6.57. The van der Waals surface area contributed by atoms with Gasteiger partial charge in [0.05, 0.1) is 24.4 Å². The minimum atomic E-state index is 0.0718. The first kappa shape index (κ1) is 14.7. The van der Waals surface area contributed by atoms with Crippen LogP contribution >= 0.6 is 0 Å². The average Bonchev–Trinajstić information content (AvgIpc) is 2.56. The van der Waals surface area contributed by atoms with Gasteiger partial charge in [0.2, 0.25) is 0 Å². The molecule has 2 aliphatic rings. The quantitative estimate of drug-likeness (QED) is 0.917. The van der Waals surface area contributed by atoms with E-state index in [1.165, 1.54) is 5.56 Å². The molecule has 1 aromatic carbocycles. The Hall–Kier alpha value is -1.85. The van der Waals surface area contributed by atoms with E-state index in [1.54, 1.807) is 0 Å². The number of nitrogens with zero attached hydrogens (tertiary/aromatic N) is 2. The molecule has 1 saturated heterocycles. The summed E-state index contributed by atoms with van der Waals surface area (Å²) in [5.74, 6) is 0. The van der Waals surface area contributed by atoms with Gasteiger partial charge in [-0.15, -0.1) is 0 Å². The van der Waals surface area contributed by atoms with Crippen LogP contribution in [0.3, 0.4) is 0 Å². The summed E-state index contributed by atoms with van der Waals surface area (Å²) in [5, 5.41) is 1.16. The van der Waals surface area contributed by atoms with Gasteiger partial charge in [-0.3, -0.25) is 9.69 Å². The Morgan fingerprint density at radius 1 is 1.22 bits per heavy atom. The lowest BCUT2D eigenvalue weighted by molar-refractivity contribution is 0.0342. The van der Waals surface area contributed by atoms with Crippen LogP contribution in [0, 0.1) is 0 Å². The molecule has 2 aliphatic heterocycles. The molecule has 5 nitrogen and oxygen atoms in total. The summed E-state index contributed by atoms with van der Waals surface area (Å²) < 4.78 is 5.40. The fourth-order valence-corrected chi connectivity index (χ4v) is 3.76. The lowest BCUT2D eigenvalue weighted by Crippen LogP contribution is -2.35. The molecule has 0 atom stereocenters. The maximum absolute atomic E-state index is 12.4. The van der Waals surface area contributed by atoms with Gasteiger partial charge in [0, 0.05) is 44.2 Å². The number of ether oxygens (including phenoxy) is 1. The van der Waals surface area contributed by atoms with Crippen molar-refractivity contribution in [1.82, 2.24) is 9.88 Å². The maximum atomic E-state index is 12.4. The molecular weight excluding hydrogens is 290 g/mol. The molecule has 0 aliphatic carbocycles. The molecule has 0 amide bonds. The lowest BCUT2D eigenvalue weighted by Gasteiger charge is -2.29. The van der Waals surface area contributed by atoms with E-state index < -0.39 is 0 Å². The van der Waals surface area contributed by atoms with Gasteiger partial charge < -0.3 is 14.6 Å². The molecule has 0 saturated carbocycles. The average molecular weight is 313 g/mol. The van der Waals surface area contributed by atoms with Crippen LogP contribution in [0.2, 0.25) is 0 Å². The highest BCUT2D eigenvalue weighted by atomic mass is 16.5.